The van der Waals surface area contributed by atoms with Gasteiger partial charge in [0.25, 0.3) is 0 Å². The van der Waals surface area contributed by atoms with Crippen LogP contribution in [-0.2, 0) is 0 Å². The van der Waals surface area contributed by atoms with Gasteiger partial charge in [-0.25, -0.2) is 13.8 Å². The third-order valence-electron chi connectivity index (χ3n) is 5.32. The summed E-state index contributed by atoms with van der Waals surface area (Å²) >= 11 is 0. The number of phenols is 1. The highest BCUT2D eigenvalue weighted by atomic mass is 19.1. The van der Waals surface area contributed by atoms with Crippen LogP contribution in [0.25, 0.3) is 11.4 Å². The van der Waals surface area contributed by atoms with Gasteiger partial charge in [0.15, 0.2) is 11.6 Å². The van der Waals surface area contributed by atoms with Crippen molar-refractivity contribution in [2.24, 2.45) is 5.10 Å². The van der Waals surface area contributed by atoms with Gasteiger partial charge in [-0.1, -0.05) is 6.07 Å². The molecule has 9 nitrogen and oxygen atoms in total. The van der Waals surface area contributed by atoms with E-state index in [1.54, 1.807) is 70.8 Å². The molecule has 0 aliphatic carbocycles. The lowest BCUT2D eigenvalue weighted by Crippen LogP contribution is -2.28. The molecule has 0 bridgehead atoms. The van der Waals surface area contributed by atoms with Gasteiger partial charge in [-0.15, -0.1) is 0 Å². The van der Waals surface area contributed by atoms with Gasteiger partial charge in [-0.2, -0.15) is 15.3 Å². The van der Waals surface area contributed by atoms with E-state index in [1.807, 2.05) is 0 Å². The van der Waals surface area contributed by atoms with Crippen molar-refractivity contribution < 1.29 is 14.2 Å². The smallest absolute Gasteiger partial charge is 0.247 e. The van der Waals surface area contributed by atoms with Crippen molar-refractivity contribution in [1.29, 1.82) is 0 Å². The van der Waals surface area contributed by atoms with E-state index in [0.717, 1.165) is 0 Å². The van der Waals surface area contributed by atoms with E-state index in [9.17, 15) is 9.90 Å². The van der Waals surface area contributed by atoms with Crippen molar-refractivity contribution in [1.82, 2.24) is 19.6 Å². The minimum atomic E-state index is -0.549. The van der Waals surface area contributed by atoms with Gasteiger partial charge >= 0.3 is 0 Å². The lowest BCUT2D eigenvalue weighted by molar-refractivity contribution is 0.401. The summed E-state index contributed by atoms with van der Waals surface area (Å²) in [6.45, 7) is 0. The summed E-state index contributed by atoms with van der Waals surface area (Å²) in [5.41, 5.74) is 1.02. The topological polar surface area (TPSA) is 97.8 Å². The van der Waals surface area contributed by atoms with Crippen LogP contribution in [0.1, 0.15) is 18.2 Å². The zero-order valence-corrected chi connectivity index (χ0v) is 17.5. The van der Waals surface area contributed by atoms with Crippen LogP contribution in [0.2, 0.25) is 0 Å². The summed E-state index contributed by atoms with van der Waals surface area (Å²) in [7, 11) is 1.38. The molecule has 4 aromatic rings. The van der Waals surface area contributed by atoms with Crippen LogP contribution >= 0.6 is 0 Å². The molecule has 1 atom stereocenters. The van der Waals surface area contributed by atoms with E-state index in [1.165, 1.54) is 24.1 Å². The second kappa shape index (κ2) is 8.23. The number of halogens is 1. The fourth-order valence-electron chi connectivity index (χ4n) is 3.74. The number of methoxy groups -OCH3 is 1. The molecule has 3 heterocycles. The summed E-state index contributed by atoms with van der Waals surface area (Å²) < 4.78 is 23.2. The van der Waals surface area contributed by atoms with E-state index in [0.29, 0.717) is 17.8 Å². The number of anilines is 1. The van der Waals surface area contributed by atoms with Gasteiger partial charge in [-0.3, -0.25) is 9.80 Å². The number of phenolic OH excluding ortho intramolecular Hbond substituents is 1. The number of benzene rings is 2. The van der Waals surface area contributed by atoms with Crippen molar-refractivity contribution in [3.8, 4) is 22.9 Å². The number of hydrogen-bond donors (Lipinski definition) is 1. The Labute approximate surface area is 187 Å². The predicted octanol–water partition coefficient (Wildman–Crippen LogP) is 3.21. The first kappa shape index (κ1) is 20.4. The average molecular weight is 446 g/mol. The molecule has 2 aromatic heterocycles. The maximum Gasteiger partial charge on any atom is 0.247 e. The first-order chi connectivity index (χ1) is 16.0. The molecule has 1 aliphatic heterocycles. The highest BCUT2D eigenvalue weighted by Gasteiger charge is 2.30. The Hall–Kier alpha value is -4.47. The van der Waals surface area contributed by atoms with Crippen LogP contribution in [-0.4, -0.2) is 38.0 Å². The molecule has 33 heavy (non-hydrogen) atoms. The van der Waals surface area contributed by atoms with E-state index in [-0.39, 0.29) is 22.9 Å². The maximum absolute atomic E-state index is 15.1. The summed E-state index contributed by atoms with van der Waals surface area (Å²) in [4.78, 5) is 13.1. The fourth-order valence-corrected chi connectivity index (χ4v) is 3.74. The Kier molecular flexibility index (Phi) is 5.09. The Morgan fingerprint density at radius 2 is 2.00 bits per heavy atom. The zero-order valence-electron chi connectivity index (χ0n) is 17.5. The van der Waals surface area contributed by atoms with E-state index in [2.05, 4.69) is 15.3 Å². The normalized spacial score (nSPS) is 15.2. The number of aromatic nitrogens is 4. The maximum atomic E-state index is 15.1. The van der Waals surface area contributed by atoms with Crippen LogP contribution in [0.3, 0.4) is 0 Å². The number of hydrazone groups is 1. The SMILES string of the molecule is COc1cn(-c2ccc(-n3cccn3)cc2F)nc(C2CC=NN2c2cccc(O)c2)c1=O. The Balaban J connectivity index is 1.58. The van der Waals surface area contributed by atoms with Gasteiger partial charge in [0.05, 0.1) is 24.7 Å². The van der Waals surface area contributed by atoms with Crippen LogP contribution in [0, 0.1) is 5.82 Å². The number of rotatable bonds is 5. The van der Waals surface area contributed by atoms with Crippen molar-refractivity contribution in [2.45, 2.75) is 12.5 Å². The highest BCUT2D eigenvalue weighted by Crippen LogP contribution is 2.33. The first-order valence-corrected chi connectivity index (χ1v) is 10.1. The molecule has 1 aliphatic rings. The minimum absolute atomic E-state index is 0.0262. The van der Waals surface area contributed by atoms with E-state index < -0.39 is 17.3 Å². The molecule has 2 aromatic carbocycles. The third-order valence-corrected chi connectivity index (χ3v) is 5.32. The van der Waals surface area contributed by atoms with Crippen molar-refractivity contribution in [3.63, 3.8) is 0 Å². The Morgan fingerprint density at radius 3 is 2.73 bits per heavy atom. The van der Waals surface area contributed by atoms with Crippen LogP contribution in [0.4, 0.5) is 10.1 Å². The van der Waals surface area contributed by atoms with Crippen LogP contribution in [0.5, 0.6) is 11.5 Å². The van der Waals surface area contributed by atoms with Gasteiger partial charge in [0.2, 0.25) is 5.43 Å². The van der Waals surface area contributed by atoms with Gasteiger partial charge in [0.1, 0.15) is 23.2 Å². The molecule has 0 amide bonds. The van der Waals surface area contributed by atoms with Crippen molar-refractivity contribution in [3.05, 3.63) is 88.9 Å². The Morgan fingerprint density at radius 1 is 1.12 bits per heavy atom. The average Bonchev–Trinajstić information content (AvgIpc) is 3.52. The van der Waals surface area contributed by atoms with E-state index in [4.69, 9.17) is 4.74 Å². The lowest BCUT2D eigenvalue weighted by Gasteiger charge is -2.24. The fraction of sp³-hybridized carbons (Fsp3) is 0.130. The molecular weight excluding hydrogens is 427 g/mol. The molecule has 0 fully saturated rings. The second-order valence-corrected chi connectivity index (χ2v) is 7.36. The number of nitrogens with zero attached hydrogens (tertiary/aromatic N) is 6. The second-order valence-electron chi connectivity index (χ2n) is 7.36. The quantitative estimate of drug-likeness (QED) is 0.506. The summed E-state index contributed by atoms with van der Waals surface area (Å²) in [6, 6.07) is 12.3. The summed E-state index contributed by atoms with van der Waals surface area (Å²) in [5, 5.41) is 24.4. The molecule has 1 N–H and O–H groups in total. The monoisotopic (exact) mass is 446 g/mol. The van der Waals surface area contributed by atoms with E-state index >= 15 is 4.39 Å². The molecule has 5 rings (SSSR count). The molecule has 10 heteroatoms. The summed E-state index contributed by atoms with van der Waals surface area (Å²) in [6.07, 6.45) is 6.74. The molecule has 0 radical (unpaired) electrons. The first-order valence-electron chi connectivity index (χ1n) is 10.1. The predicted molar refractivity (Wildman–Crippen MR) is 120 cm³/mol. The molecular formula is C23H19FN6O3. The van der Waals surface area contributed by atoms with Gasteiger partial charge in [0, 0.05) is 37.2 Å². The third kappa shape index (κ3) is 3.71. The highest BCUT2D eigenvalue weighted by molar-refractivity contribution is 5.68. The van der Waals surface area contributed by atoms with Crippen LogP contribution < -0.4 is 15.2 Å². The van der Waals surface area contributed by atoms with Gasteiger partial charge < -0.3 is 9.84 Å². The molecule has 0 saturated heterocycles. The minimum Gasteiger partial charge on any atom is -0.508 e. The largest absolute Gasteiger partial charge is 0.508 e. The van der Waals surface area contributed by atoms with Crippen molar-refractivity contribution >= 4 is 11.9 Å². The number of ether oxygens (including phenoxy) is 1. The standard InChI is InChI=1S/C23H19FN6O3/c1-33-21-14-29(19-7-6-15(13-18(19)24)28-11-3-9-25-28)27-22(23(21)32)20-8-10-26-30(20)16-4-2-5-17(31)12-16/h2-7,9-14,20,31H,8H2,1H3. The van der Waals surface area contributed by atoms with Crippen LogP contribution in [0.15, 0.2) is 77.0 Å². The molecule has 0 spiro atoms. The number of aromatic hydroxyl groups is 1. The van der Waals surface area contributed by atoms with Crippen molar-refractivity contribution in [2.75, 3.05) is 12.1 Å². The summed E-state index contributed by atoms with van der Waals surface area (Å²) in [5.74, 6) is -0.443. The Bertz CT molecular complexity index is 1400. The molecule has 166 valence electrons. The molecule has 0 saturated carbocycles. The van der Waals surface area contributed by atoms with Gasteiger partial charge in [-0.05, 0) is 30.3 Å². The molecule has 1 unspecified atom stereocenters. The zero-order chi connectivity index (χ0) is 22.9. The lowest BCUT2D eigenvalue weighted by atomic mass is 10.1. The number of hydrogen-bond acceptors (Lipinski definition) is 7.